The first kappa shape index (κ1) is 16.1. The second kappa shape index (κ2) is 8.23. The van der Waals surface area contributed by atoms with E-state index in [4.69, 9.17) is 0 Å². The minimum atomic E-state index is -0.120. The van der Waals surface area contributed by atoms with E-state index < -0.39 is 0 Å². The lowest BCUT2D eigenvalue weighted by molar-refractivity contribution is -0.123. The molecule has 1 amide bonds. The molecule has 0 saturated heterocycles. The number of likely N-dealkylation sites (N-methyl/N-ethyl adjacent to an activating group) is 1. The molecule has 19 heavy (non-hydrogen) atoms. The Bertz CT molecular complexity index is 390. The fraction of sp³-hybridized carbons (Fsp3) is 0.533. The number of amides is 1. The molecule has 1 aromatic carbocycles. The van der Waals surface area contributed by atoms with Gasteiger partial charge < -0.3 is 10.6 Å². The van der Waals surface area contributed by atoms with E-state index in [1.165, 1.54) is 10.5 Å². The molecule has 3 nitrogen and oxygen atoms in total. The molecule has 0 spiro atoms. The molecule has 0 radical (unpaired) electrons. The van der Waals surface area contributed by atoms with Crippen molar-refractivity contribution in [3.8, 4) is 0 Å². The third kappa shape index (κ3) is 5.66. The summed E-state index contributed by atoms with van der Waals surface area (Å²) < 4.78 is 0. The fourth-order valence-corrected chi connectivity index (χ4v) is 2.32. The van der Waals surface area contributed by atoms with E-state index in [-0.39, 0.29) is 11.9 Å². The molecule has 106 valence electrons. The Morgan fingerprint density at radius 2 is 1.89 bits per heavy atom. The van der Waals surface area contributed by atoms with Crippen LogP contribution >= 0.6 is 11.8 Å². The van der Waals surface area contributed by atoms with Crippen molar-refractivity contribution >= 4 is 17.7 Å². The van der Waals surface area contributed by atoms with Crippen LogP contribution in [-0.4, -0.2) is 25.3 Å². The third-order valence-corrected chi connectivity index (χ3v) is 3.73. The maximum absolute atomic E-state index is 11.8. The minimum absolute atomic E-state index is 0.0643. The molecule has 2 N–H and O–H groups in total. The molecular formula is C15H24N2OS. The average molecular weight is 280 g/mol. The van der Waals surface area contributed by atoms with E-state index in [1.54, 1.807) is 18.8 Å². The molecule has 1 aromatic rings. The summed E-state index contributed by atoms with van der Waals surface area (Å²) in [5, 5.41) is 6.06. The average Bonchev–Trinajstić information content (AvgIpc) is 2.42. The molecule has 0 bridgehead atoms. The van der Waals surface area contributed by atoms with Gasteiger partial charge in [0, 0.05) is 18.5 Å². The summed E-state index contributed by atoms with van der Waals surface area (Å²) in [7, 11) is 1.69. The van der Waals surface area contributed by atoms with E-state index in [9.17, 15) is 4.79 Å². The lowest BCUT2D eigenvalue weighted by Gasteiger charge is -2.19. The summed E-state index contributed by atoms with van der Waals surface area (Å²) in [5.74, 6) is 0.558. The number of carbonyl (C=O) groups is 1. The van der Waals surface area contributed by atoms with E-state index in [1.807, 2.05) is 0 Å². The molecule has 0 fully saturated rings. The molecule has 4 heteroatoms. The molecule has 1 atom stereocenters. The molecule has 0 aliphatic rings. The van der Waals surface area contributed by atoms with Crippen LogP contribution in [0.15, 0.2) is 29.2 Å². The van der Waals surface area contributed by atoms with Gasteiger partial charge in [0.25, 0.3) is 0 Å². The first-order valence-electron chi connectivity index (χ1n) is 6.64. The number of rotatable bonds is 7. The van der Waals surface area contributed by atoms with Crippen LogP contribution in [0, 0.1) is 5.92 Å². The zero-order chi connectivity index (χ0) is 14.3. The standard InChI is InChI=1S/C15H24N2OS/c1-11(2)9-14(15(18)16-3)17-10-12-5-7-13(19-4)8-6-12/h5-8,11,14,17H,9-10H2,1-4H3,(H,16,18). The molecule has 0 aliphatic heterocycles. The Labute approximate surface area is 120 Å². The summed E-state index contributed by atoms with van der Waals surface area (Å²) in [6.45, 7) is 4.98. The first-order chi connectivity index (χ1) is 9.06. The molecule has 0 aromatic heterocycles. The van der Waals surface area contributed by atoms with Gasteiger partial charge in [-0.15, -0.1) is 11.8 Å². The number of thioether (sulfide) groups is 1. The first-order valence-corrected chi connectivity index (χ1v) is 7.87. The molecule has 0 saturated carbocycles. The zero-order valence-electron chi connectivity index (χ0n) is 12.2. The molecular weight excluding hydrogens is 256 g/mol. The Kier molecular flexibility index (Phi) is 6.95. The fourth-order valence-electron chi connectivity index (χ4n) is 1.91. The van der Waals surface area contributed by atoms with Crippen LogP contribution in [0.5, 0.6) is 0 Å². The van der Waals surface area contributed by atoms with Gasteiger partial charge in [-0.25, -0.2) is 0 Å². The van der Waals surface area contributed by atoms with Crippen molar-refractivity contribution in [3.63, 3.8) is 0 Å². The highest BCUT2D eigenvalue weighted by molar-refractivity contribution is 7.98. The van der Waals surface area contributed by atoms with Crippen LogP contribution < -0.4 is 10.6 Å². The molecule has 0 aliphatic carbocycles. The van der Waals surface area contributed by atoms with Crippen molar-refractivity contribution in [2.24, 2.45) is 5.92 Å². The van der Waals surface area contributed by atoms with Crippen LogP contribution in [-0.2, 0) is 11.3 Å². The Balaban J connectivity index is 2.56. The van der Waals surface area contributed by atoms with Gasteiger partial charge >= 0.3 is 0 Å². The summed E-state index contributed by atoms with van der Waals surface area (Å²) in [5.41, 5.74) is 1.20. The van der Waals surface area contributed by atoms with Gasteiger partial charge in [-0.3, -0.25) is 4.79 Å². The van der Waals surface area contributed by atoms with Gasteiger partial charge in [0.2, 0.25) is 5.91 Å². The molecule has 1 unspecified atom stereocenters. The number of benzene rings is 1. The van der Waals surface area contributed by atoms with E-state index in [2.05, 4.69) is 55.0 Å². The Morgan fingerprint density at radius 3 is 2.37 bits per heavy atom. The SMILES string of the molecule is CNC(=O)C(CC(C)C)NCc1ccc(SC)cc1. The van der Waals surface area contributed by atoms with Crippen molar-refractivity contribution in [3.05, 3.63) is 29.8 Å². The summed E-state index contributed by atoms with van der Waals surface area (Å²) >= 11 is 1.73. The smallest absolute Gasteiger partial charge is 0.236 e. The van der Waals surface area contributed by atoms with Gasteiger partial charge in [-0.05, 0) is 36.3 Å². The summed E-state index contributed by atoms with van der Waals surface area (Å²) in [6, 6.07) is 8.31. The second-order valence-electron chi connectivity index (χ2n) is 5.03. The van der Waals surface area contributed by atoms with Crippen molar-refractivity contribution in [1.82, 2.24) is 10.6 Å². The third-order valence-electron chi connectivity index (χ3n) is 2.98. The van der Waals surface area contributed by atoms with Crippen LogP contribution in [0.2, 0.25) is 0 Å². The maximum Gasteiger partial charge on any atom is 0.236 e. The highest BCUT2D eigenvalue weighted by Crippen LogP contribution is 2.15. The lowest BCUT2D eigenvalue weighted by Crippen LogP contribution is -2.43. The molecule has 0 heterocycles. The normalized spacial score (nSPS) is 12.5. The van der Waals surface area contributed by atoms with E-state index >= 15 is 0 Å². The zero-order valence-corrected chi connectivity index (χ0v) is 13.0. The van der Waals surface area contributed by atoms with Gasteiger partial charge in [0.15, 0.2) is 0 Å². The van der Waals surface area contributed by atoms with Gasteiger partial charge in [0.05, 0.1) is 6.04 Å². The van der Waals surface area contributed by atoms with Crippen molar-refractivity contribution in [2.75, 3.05) is 13.3 Å². The van der Waals surface area contributed by atoms with Crippen molar-refractivity contribution < 1.29 is 4.79 Å². The van der Waals surface area contributed by atoms with Crippen LogP contribution in [0.25, 0.3) is 0 Å². The van der Waals surface area contributed by atoms with Crippen LogP contribution in [0.4, 0.5) is 0 Å². The van der Waals surface area contributed by atoms with Gasteiger partial charge in [-0.1, -0.05) is 26.0 Å². The van der Waals surface area contributed by atoms with Crippen LogP contribution in [0.3, 0.4) is 0 Å². The lowest BCUT2D eigenvalue weighted by atomic mass is 10.0. The van der Waals surface area contributed by atoms with Crippen molar-refractivity contribution in [1.29, 1.82) is 0 Å². The predicted octanol–water partition coefficient (Wildman–Crippen LogP) is 2.66. The van der Waals surface area contributed by atoms with Gasteiger partial charge in [-0.2, -0.15) is 0 Å². The predicted molar refractivity (Wildman–Crippen MR) is 82.4 cm³/mol. The highest BCUT2D eigenvalue weighted by Gasteiger charge is 2.17. The number of hydrogen-bond acceptors (Lipinski definition) is 3. The topological polar surface area (TPSA) is 41.1 Å². The number of carbonyl (C=O) groups excluding carboxylic acids is 1. The Hall–Kier alpha value is -1.00. The quantitative estimate of drug-likeness (QED) is 0.755. The van der Waals surface area contributed by atoms with E-state index in [0.29, 0.717) is 5.92 Å². The number of hydrogen-bond donors (Lipinski definition) is 2. The monoisotopic (exact) mass is 280 g/mol. The minimum Gasteiger partial charge on any atom is -0.358 e. The van der Waals surface area contributed by atoms with Crippen molar-refractivity contribution in [2.45, 2.75) is 37.8 Å². The largest absolute Gasteiger partial charge is 0.358 e. The molecule has 1 rings (SSSR count). The van der Waals surface area contributed by atoms with E-state index in [0.717, 1.165) is 13.0 Å². The van der Waals surface area contributed by atoms with Crippen LogP contribution in [0.1, 0.15) is 25.8 Å². The highest BCUT2D eigenvalue weighted by atomic mass is 32.2. The number of nitrogens with one attached hydrogen (secondary N) is 2. The second-order valence-corrected chi connectivity index (χ2v) is 5.91. The van der Waals surface area contributed by atoms with Gasteiger partial charge in [0.1, 0.15) is 0 Å². The summed E-state index contributed by atoms with van der Waals surface area (Å²) in [4.78, 5) is 13.1. The Morgan fingerprint density at radius 1 is 1.26 bits per heavy atom. The summed E-state index contributed by atoms with van der Waals surface area (Å²) in [6.07, 6.45) is 2.92. The maximum atomic E-state index is 11.8.